The molecule has 1 fully saturated rings. The molecule has 7 heteroatoms. The normalized spacial score (nSPS) is 20.7. The lowest BCUT2D eigenvalue weighted by atomic mass is 9.82. The fourth-order valence-electron chi connectivity index (χ4n) is 3.82. The summed E-state index contributed by atoms with van der Waals surface area (Å²) >= 11 is 0. The molecule has 1 aliphatic rings. The Morgan fingerprint density at radius 2 is 1.70 bits per heavy atom. The number of nitrogens with one attached hydrogen (secondary N) is 1. The highest BCUT2D eigenvalue weighted by molar-refractivity contribution is 7.89. The van der Waals surface area contributed by atoms with E-state index in [2.05, 4.69) is 5.32 Å². The van der Waals surface area contributed by atoms with Gasteiger partial charge in [0.1, 0.15) is 0 Å². The maximum Gasteiger partial charge on any atom is 0.404 e. The summed E-state index contributed by atoms with van der Waals surface area (Å²) in [5.41, 5.74) is 0. The SMILES string of the molecule is CN(CC1CCC(CNC(=O)O)CC1)S(=O)(=O)c1ccc2ccccc2c1. The van der Waals surface area contributed by atoms with Crippen molar-refractivity contribution in [2.45, 2.75) is 30.6 Å². The van der Waals surface area contributed by atoms with Crippen LogP contribution >= 0.6 is 0 Å². The van der Waals surface area contributed by atoms with Crippen LogP contribution in [0.4, 0.5) is 4.79 Å². The van der Waals surface area contributed by atoms with Crippen molar-refractivity contribution in [2.75, 3.05) is 20.1 Å². The Balaban J connectivity index is 1.61. The minimum atomic E-state index is -3.52. The van der Waals surface area contributed by atoms with Crippen molar-refractivity contribution in [1.29, 1.82) is 0 Å². The van der Waals surface area contributed by atoms with Crippen molar-refractivity contribution in [3.05, 3.63) is 42.5 Å². The molecule has 6 nitrogen and oxygen atoms in total. The Bertz CT molecular complexity index is 905. The summed E-state index contributed by atoms with van der Waals surface area (Å²) in [4.78, 5) is 10.9. The standard InChI is InChI=1S/C20H26N2O4S/c1-22(14-16-8-6-15(7-9-16)13-21-20(23)24)27(25,26)19-11-10-17-4-2-3-5-18(17)12-19/h2-5,10-12,15-16,21H,6-9,13-14H2,1H3,(H,23,24). The van der Waals surface area contributed by atoms with Gasteiger partial charge in [0.2, 0.25) is 10.0 Å². The monoisotopic (exact) mass is 390 g/mol. The van der Waals surface area contributed by atoms with E-state index in [-0.39, 0.29) is 0 Å². The van der Waals surface area contributed by atoms with Crippen molar-refractivity contribution in [3.63, 3.8) is 0 Å². The molecule has 2 aromatic carbocycles. The zero-order valence-electron chi connectivity index (χ0n) is 15.5. The molecule has 0 aromatic heterocycles. The van der Waals surface area contributed by atoms with E-state index in [0.717, 1.165) is 36.5 Å². The van der Waals surface area contributed by atoms with Crippen LogP contribution in [0.25, 0.3) is 10.8 Å². The average molecular weight is 391 g/mol. The number of sulfonamides is 1. The molecule has 2 aromatic rings. The predicted octanol–water partition coefficient (Wildman–Crippen LogP) is 3.53. The van der Waals surface area contributed by atoms with E-state index >= 15 is 0 Å². The van der Waals surface area contributed by atoms with Crippen LogP contribution in [0.3, 0.4) is 0 Å². The van der Waals surface area contributed by atoms with Crippen molar-refractivity contribution in [2.24, 2.45) is 11.8 Å². The lowest BCUT2D eigenvalue weighted by Gasteiger charge is -2.31. The number of benzene rings is 2. The summed E-state index contributed by atoms with van der Waals surface area (Å²) in [5.74, 6) is 0.658. The van der Waals surface area contributed by atoms with Gasteiger partial charge in [0.25, 0.3) is 0 Å². The molecule has 1 amide bonds. The molecule has 0 atom stereocenters. The average Bonchev–Trinajstić information content (AvgIpc) is 2.67. The molecule has 27 heavy (non-hydrogen) atoms. The van der Waals surface area contributed by atoms with E-state index in [1.165, 1.54) is 4.31 Å². The van der Waals surface area contributed by atoms with Crippen molar-refractivity contribution >= 4 is 26.9 Å². The Morgan fingerprint density at radius 3 is 2.37 bits per heavy atom. The molecule has 0 radical (unpaired) electrons. The van der Waals surface area contributed by atoms with Crippen LogP contribution in [0, 0.1) is 11.8 Å². The maximum atomic E-state index is 12.9. The molecule has 0 heterocycles. The summed E-state index contributed by atoms with van der Waals surface area (Å²) in [5, 5.41) is 13.1. The van der Waals surface area contributed by atoms with Crippen LogP contribution in [0.15, 0.2) is 47.4 Å². The second kappa shape index (κ2) is 8.27. The Labute approximate surface area is 160 Å². The first-order valence-electron chi connectivity index (χ1n) is 9.28. The van der Waals surface area contributed by atoms with Crippen LogP contribution in [0.2, 0.25) is 0 Å². The van der Waals surface area contributed by atoms with Gasteiger partial charge >= 0.3 is 6.09 Å². The first-order chi connectivity index (χ1) is 12.9. The Kier molecular flexibility index (Phi) is 6.01. The zero-order chi connectivity index (χ0) is 19.4. The summed E-state index contributed by atoms with van der Waals surface area (Å²) < 4.78 is 27.3. The fourth-order valence-corrected chi connectivity index (χ4v) is 5.10. The molecule has 146 valence electrons. The molecule has 3 rings (SSSR count). The number of nitrogens with zero attached hydrogens (tertiary/aromatic N) is 1. The molecule has 0 spiro atoms. The minimum absolute atomic E-state index is 0.311. The van der Waals surface area contributed by atoms with Gasteiger partial charge in [0, 0.05) is 20.1 Å². The van der Waals surface area contributed by atoms with Crippen LogP contribution in [-0.4, -0.2) is 44.1 Å². The topological polar surface area (TPSA) is 86.7 Å². The first kappa shape index (κ1) is 19.6. The van der Waals surface area contributed by atoms with E-state index in [4.69, 9.17) is 5.11 Å². The molecule has 0 aliphatic heterocycles. The van der Waals surface area contributed by atoms with Crippen molar-refractivity contribution < 1.29 is 18.3 Å². The van der Waals surface area contributed by atoms with Gasteiger partial charge in [-0.1, -0.05) is 30.3 Å². The summed E-state index contributed by atoms with van der Waals surface area (Å²) in [6.45, 7) is 0.974. The molecule has 1 saturated carbocycles. The lowest BCUT2D eigenvalue weighted by molar-refractivity contribution is 0.186. The van der Waals surface area contributed by atoms with Gasteiger partial charge in [-0.2, -0.15) is 0 Å². The van der Waals surface area contributed by atoms with Gasteiger partial charge in [-0.3, -0.25) is 0 Å². The smallest absolute Gasteiger partial charge is 0.404 e. The second-order valence-corrected chi connectivity index (χ2v) is 9.41. The lowest BCUT2D eigenvalue weighted by Crippen LogP contribution is -2.35. The highest BCUT2D eigenvalue weighted by Crippen LogP contribution is 2.30. The number of fused-ring (bicyclic) bond motifs is 1. The Hall–Kier alpha value is -2.12. The van der Waals surface area contributed by atoms with E-state index < -0.39 is 16.1 Å². The van der Waals surface area contributed by atoms with Gasteiger partial charge in [-0.05, 0) is 60.4 Å². The first-order valence-corrected chi connectivity index (χ1v) is 10.7. The zero-order valence-corrected chi connectivity index (χ0v) is 16.3. The van der Waals surface area contributed by atoms with Gasteiger partial charge in [0.05, 0.1) is 4.90 Å². The van der Waals surface area contributed by atoms with E-state index in [9.17, 15) is 13.2 Å². The van der Waals surface area contributed by atoms with Crippen LogP contribution < -0.4 is 5.32 Å². The third-order valence-electron chi connectivity index (χ3n) is 5.45. The summed E-state index contributed by atoms with van der Waals surface area (Å²) in [7, 11) is -1.88. The van der Waals surface area contributed by atoms with E-state index in [1.807, 2.05) is 30.3 Å². The quantitative estimate of drug-likeness (QED) is 0.790. The van der Waals surface area contributed by atoms with Gasteiger partial charge < -0.3 is 10.4 Å². The predicted molar refractivity (Wildman–Crippen MR) is 105 cm³/mol. The molecular formula is C20H26N2O4S. The van der Waals surface area contributed by atoms with Gasteiger partial charge in [-0.15, -0.1) is 0 Å². The fraction of sp³-hybridized carbons (Fsp3) is 0.450. The molecule has 0 unspecified atom stereocenters. The summed E-state index contributed by atoms with van der Waals surface area (Å²) in [6.07, 6.45) is 2.70. The van der Waals surface area contributed by atoms with Crippen molar-refractivity contribution in [3.8, 4) is 0 Å². The molecular weight excluding hydrogens is 364 g/mol. The maximum absolute atomic E-state index is 12.9. The number of rotatable bonds is 6. The number of carbonyl (C=O) groups is 1. The molecule has 2 N–H and O–H groups in total. The highest BCUT2D eigenvalue weighted by atomic mass is 32.2. The van der Waals surface area contributed by atoms with Crippen molar-refractivity contribution in [1.82, 2.24) is 9.62 Å². The van der Waals surface area contributed by atoms with E-state index in [0.29, 0.717) is 29.8 Å². The van der Waals surface area contributed by atoms with Gasteiger partial charge in [-0.25, -0.2) is 17.5 Å². The third kappa shape index (κ3) is 4.78. The van der Waals surface area contributed by atoms with Crippen LogP contribution in [0.1, 0.15) is 25.7 Å². The van der Waals surface area contributed by atoms with E-state index in [1.54, 1.807) is 19.2 Å². The van der Waals surface area contributed by atoms with Crippen LogP contribution in [-0.2, 0) is 10.0 Å². The summed E-state index contributed by atoms with van der Waals surface area (Å²) in [6, 6.07) is 13.0. The second-order valence-electron chi connectivity index (χ2n) is 7.37. The molecule has 0 bridgehead atoms. The van der Waals surface area contributed by atoms with Gasteiger partial charge in [0.15, 0.2) is 0 Å². The molecule has 1 aliphatic carbocycles. The van der Waals surface area contributed by atoms with Crippen LogP contribution in [0.5, 0.6) is 0 Å². The Morgan fingerprint density at radius 1 is 1.07 bits per heavy atom. The largest absolute Gasteiger partial charge is 0.465 e. The number of carboxylic acid groups (broad SMARTS) is 1. The highest BCUT2D eigenvalue weighted by Gasteiger charge is 2.27. The molecule has 0 saturated heterocycles. The number of amides is 1. The number of hydrogen-bond acceptors (Lipinski definition) is 3. The number of hydrogen-bond donors (Lipinski definition) is 2. The minimum Gasteiger partial charge on any atom is -0.465 e. The third-order valence-corrected chi connectivity index (χ3v) is 7.27.